The maximum atomic E-state index is 8.83. The van der Waals surface area contributed by atoms with E-state index in [0.29, 0.717) is 5.70 Å². The lowest BCUT2D eigenvalue weighted by Gasteiger charge is -1.90. The van der Waals surface area contributed by atoms with E-state index in [0.717, 1.165) is 0 Å². The first kappa shape index (κ1) is 9.91. The van der Waals surface area contributed by atoms with Gasteiger partial charge >= 0.3 is 6.08 Å². The summed E-state index contributed by atoms with van der Waals surface area (Å²) in [7, 11) is 0. The Morgan fingerprint density at radius 2 is 2.14 bits per heavy atom. The highest BCUT2D eigenvalue weighted by Gasteiger charge is 2.07. The zero-order valence-corrected chi connectivity index (χ0v) is 7.42. The molecule has 0 unspecified atom stereocenters. The van der Waals surface area contributed by atoms with Gasteiger partial charge in [-0.05, 0) is 6.08 Å². The van der Waals surface area contributed by atoms with Crippen LogP contribution in [-0.2, 0) is 0 Å². The molecule has 0 radical (unpaired) electrons. The summed E-state index contributed by atoms with van der Waals surface area (Å²) in [5.41, 5.74) is 0.410. The molecule has 1 rings (SSSR count). The number of hydrogen-bond donors (Lipinski definition) is 1. The van der Waals surface area contributed by atoms with Gasteiger partial charge in [0, 0.05) is 6.21 Å². The third kappa shape index (κ3) is 2.41. The maximum Gasteiger partial charge on any atom is 0.412 e. The van der Waals surface area contributed by atoms with Crippen molar-refractivity contribution in [2.45, 2.75) is 0 Å². The first-order valence-corrected chi connectivity index (χ1v) is 3.78. The molecule has 0 fully saturated rings. The van der Waals surface area contributed by atoms with Crippen LogP contribution in [0, 0.1) is 0 Å². The molecule has 0 saturated heterocycles. The topological polar surface area (TPSA) is 71.5 Å². The van der Waals surface area contributed by atoms with Crippen LogP contribution < -0.4 is 0 Å². The minimum atomic E-state index is -0.497. The molecule has 0 atom stereocenters. The highest BCUT2D eigenvalue weighted by Crippen LogP contribution is 2.16. The molecular weight excluding hydrogens is 182 g/mol. The Morgan fingerprint density at radius 3 is 2.64 bits per heavy atom. The van der Waals surface area contributed by atoms with Gasteiger partial charge in [0.15, 0.2) is 0 Å². The van der Waals surface area contributed by atoms with Crippen LogP contribution >= 0.6 is 0 Å². The summed E-state index contributed by atoms with van der Waals surface area (Å²) in [5, 5.41) is 15.7. The van der Waals surface area contributed by atoms with Gasteiger partial charge < -0.3 is 9.52 Å². The molecule has 1 N–H and O–H groups in total. The Bertz CT molecular complexity index is 391. The molecule has 5 nitrogen and oxygen atoms in total. The van der Waals surface area contributed by atoms with Gasteiger partial charge in [-0.2, -0.15) is 0 Å². The van der Waals surface area contributed by atoms with E-state index in [4.69, 9.17) is 9.52 Å². The van der Waals surface area contributed by atoms with Crippen molar-refractivity contribution < 1.29 is 9.52 Å². The number of aromatic nitrogens is 2. The normalized spacial score (nSPS) is 11.9. The summed E-state index contributed by atoms with van der Waals surface area (Å²) in [4.78, 5) is 3.95. The van der Waals surface area contributed by atoms with E-state index < -0.39 is 6.08 Å². The Balaban J connectivity index is 3.00. The van der Waals surface area contributed by atoms with Gasteiger partial charge in [0.25, 0.3) is 5.89 Å². The van der Waals surface area contributed by atoms with E-state index in [9.17, 15) is 0 Å². The van der Waals surface area contributed by atoms with Gasteiger partial charge in [-0.3, -0.25) is 4.99 Å². The van der Waals surface area contributed by atoms with E-state index in [-0.39, 0.29) is 5.89 Å². The zero-order chi connectivity index (χ0) is 10.4. The number of allylic oxidation sites excluding steroid dienone is 3. The largest absolute Gasteiger partial charge is 0.465 e. The SMILES string of the molecule is C=C/C=N\C(=C/C=C)c1nnc(O)o1. The summed E-state index contributed by atoms with van der Waals surface area (Å²) in [6.45, 7) is 6.99. The van der Waals surface area contributed by atoms with Gasteiger partial charge in [-0.25, -0.2) is 0 Å². The van der Waals surface area contributed by atoms with Crippen LogP contribution in [0.5, 0.6) is 6.08 Å². The quantitative estimate of drug-likeness (QED) is 0.579. The van der Waals surface area contributed by atoms with E-state index in [1.807, 2.05) is 0 Å². The first-order chi connectivity index (χ1) is 6.77. The lowest BCUT2D eigenvalue weighted by Crippen LogP contribution is -1.81. The fourth-order valence-electron chi connectivity index (χ4n) is 0.733. The molecule has 0 amide bonds. The lowest BCUT2D eigenvalue weighted by atomic mass is 10.4. The van der Waals surface area contributed by atoms with Crippen molar-refractivity contribution in [1.29, 1.82) is 0 Å². The maximum absolute atomic E-state index is 8.83. The van der Waals surface area contributed by atoms with Crippen LogP contribution in [-0.4, -0.2) is 21.5 Å². The van der Waals surface area contributed by atoms with Crippen molar-refractivity contribution in [3.63, 3.8) is 0 Å². The molecule has 0 aromatic carbocycles. The molecule has 14 heavy (non-hydrogen) atoms. The smallest absolute Gasteiger partial charge is 0.412 e. The van der Waals surface area contributed by atoms with E-state index in [1.54, 1.807) is 6.08 Å². The first-order valence-electron chi connectivity index (χ1n) is 3.78. The molecule has 1 aromatic rings. The number of hydrogen-bond acceptors (Lipinski definition) is 5. The molecule has 0 bridgehead atoms. The Kier molecular flexibility index (Phi) is 3.37. The van der Waals surface area contributed by atoms with Crippen LogP contribution in [0.1, 0.15) is 5.89 Å². The zero-order valence-electron chi connectivity index (χ0n) is 7.42. The van der Waals surface area contributed by atoms with Gasteiger partial charge in [0.2, 0.25) is 0 Å². The molecule has 5 heteroatoms. The van der Waals surface area contributed by atoms with E-state index in [1.165, 1.54) is 18.4 Å². The summed E-state index contributed by atoms with van der Waals surface area (Å²) >= 11 is 0. The van der Waals surface area contributed by atoms with Crippen molar-refractivity contribution in [1.82, 2.24) is 10.2 Å². The summed E-state index contributed by atoms with van der Waals surface area (Å²) < 4.78 is 4.76. The molecule has 0 saturated carbocycles. The standard InChI is InChI=1S/C9H9N3O2/c1-3-5-7(10-6-4-2)8-11-12-9(13)14-8/h3-6H,1-2H2,(H,12,13)/b7-5-,10-6-. The molecule has 1 heterocycles. The fraction of sp³-hybridized carbons (Fsp3) is 0. The molecule has 0 spiro atoms. The van der Waals surface area contributed by atoms with Crippen LogP contribution in [0.2, 0.25) is 0 Å². The van der Waals surface area contributed by atoms with Crippen molar-refractivity contribution in [3.8, 4) is 6.08 Å². The third-order valence-electron chi connectivity index (χ3n) is 1.23. The fourth-order valence-corrected chi connectivity index (χ4v) is 0.733. The predicted octanol–water partition coefficient (Wildman–Crippen LogP) is 1.56. The second kappa shape index (κ2) is 4.76. The average molecular weight is 191 g/mol. The van der Waals surface area contributed by atoms with Crippen LogP contribution in [0.25, 0.3) is 5.70 Å². The Labute approximate surface area is 80.8 Å². The molecule has 0 aliphatic rings. The molecule has 0 aliphatic carbocycles. The summed E-state index contributed by atoms with van der Waals surface area (Å²) in [6.07, 6.45) is 5.58. The predicted molar refractivity (Wildman–Crippen MR) is 52.8 cm³/mol. The number of aromatic hydroxyl groups is 1. The molecule has 0 aliphatic heterocycles. The molecule has 72 valence electrons. The van der Waals surface area contributed by atoms with Gasteiger partial charge in [0.1, 0.15) is 5.70 Å². The number of rotatable bonds is 4. The number of nitrogens with zero attached hydrogens (tertiary/aromatic N) is 3. The molecule has 1 aromatic heterocycles. The third-order valence-corrected chi connectivity index (χ3v) is 1.23. The highest BCUT2D eigenvalue weighted by atomic mass is 16.5. The van der Waals surface area contributed by atoms with Gasteiger partial charge in [-0.15, -0.1) is 5.10 Å². The van der Waals surface area contributed by atoms with E-state index >= 15 is 0 Å². The second-order valence-corrected chi connectivity index (χ2v) is 2.19. The summed E-state index contributed by atoms with van der Waals surface area (Å²) in [5.74, 6) is 0.125. The van der Waals surface area contributed by atoms with Crippen molar-refractivity contribution in [2.75, 3.05) is 0 Å². The minimum Gasteiger partial charge on any atom is -0.465 e. The van der Waals surface area contributed by atoms with E-state index in [2.05, 4.69) is 28.3 Å². The van der Waals surface area contributed by atoms with Gasteiger partial charge in [-0.1, -0.05) is 30.4 Å². The average Bonchev–Trinajstić information content (AvgIpc) is 2.59. The highest BCUT2D eigenvalue weighted by molar-refractivity contribution is 5.78. The minimum absolute atomic E-state index is 0.125. The van der Waals surface area contributed by atoms with Crippen molar-refractivity contribution >= 4 is 11.9 Å². The van der Waals surface area contributed by atoms with Crippen molar-refractivity contribution in [3.05, 3.63) is 37.3 Å². The summed E-state index contributed by atoms with van der Waals surface area (Å²) in [6, 6.07) is 0. The van der Waals surface area contributed by atoms with Crippen LogP contribution in [0.4, 0.5) is 0 Å². The van der Waals surface area contributed by atoms with Crippen LogP contribution in [0.3, 0.4) is 0 Å². The Hall–Kier alpha value is -2.17. The monoisotopic (exact) mass is 191 g/mol. The van der Waals surface area contributed by atoms with Crippen molar-refractivity contribution in [2.24, 2.45) is 4.99 Å². The number of aliphatic imine (C=N–C) groups is 1. The van der Waals surface area contributed by atoms with Crippen LogP contribution in [0.15, 0.2) is 40.8 Å². The second-order valence-electron chi connectivity index (χ2n) is 2.19. The molecular formula is C9H9N3O2. The van der Waals surface area contributed by atoms with Gasteiger partial charge in [0.05, 0.1) is 0 Å². The Morgan fingerprint density at radius 1 is 1.36 bits per heavy atom. The lowest BCUT2D eigenvalue weighted by molar-refractivity contribution is 0.312.